The average molecular weight is 278 g/mol. The third-order valence-corrected chi connectivity index (χ3v) is 4.87. The van der Waals surface area contributed by atoms with Crippen molar-refractivity contribution in [2.75, 3.05) is 0 Å². The molecule has 1 aliphatic carbocycles. The largest absolute Gasteiger partial charge is 0.481 e. The standard InChI is InChI=1S/C17H23FO2/c1-12(2)13-7-9-17(10-8-13,16(19)20)11-14-5-3-4-6-15(14)18/h3-6,12-13H,7-11H2,1-2H3,(H,19,20). The molecule has 2 nitrogen and oxygen atoms in total. The molecule has 0 radical (unpaired) electrons. The monoisotopic (exact) mass is 278 g/mol. The molecule has 0 aromatic heterocycles. The van der Waals surface area contributed by atoms with Gasteiger partial charge in [0.25, 0.3) is 0 Å². The van der Waals surface area contributed by atoms with Crippen LogP contribution in [0, 0.1) is 23.1 Å². The maximum absolute atomic E-state index is 13.8. The summed E-state index contributed by atoms with van der Waals surface area (Å²) in [5.74, 6) is 0.125. The lowest BCUT2D eigenvalue weighted by Crippen LogP contribution is -2.38. The molecule has 0 heterocycles. The van der Waals surface area contributed by atoms with Crippen LogP contribution in [0.5, 0.6) is 0 Å². The lowest BCUT2D eigenvalue weighted by molar-refractivity contribution is -0.152. The number of carboxylic acids is 1. The smallest absolute Gasteiger partial charge is 0.309 e. The first-order chi connectivity index (χ1) is 9.44. The van der Waals surface area contributed by atoms with E-state index >= 15 is 0 Å². The Morgan fingerprint density at radius 1 is 1.35 bits per heavy atom. The molecule has 0 unspecified atom stereocenters. The normalized spacial score (nSPS) is 26.7. The molecule has 1 aromatic rings. The Kier molecular flexibility index (Phi) is 4.46. The van der Waals surface area contributed by atoms with Crippen molar-refractivity contribution in [1.82, 2.24) is 0 Å². The van der Waals surface area contributed by atoms with E-state index in [-0.39, 0.29) is 5.82 Å². The Morgan fingerprint density at radius 3 is 2.45 bits per heavy atom. The highest BCUT2D eigenvalue weighted by molar-refractivity contribution is 5.75. The molecule has 110 valence electrons. The zero-order valence-electron chi connectivity index (χ0n) is 12.2. The Labute approximate surface area is 120 Å². The summed E-state index contributed by atoms with van der Waals surface area (Å²) in [6.07, 6.45) is 3.47. The third-order valence-electron chi connectivity index (χ3n) is 4.87. The summed E-state index contributed by atoms with van der Waals surface area (Å²) >= 11 is 0. The Balaban J connectivity index is 2.16. The lowest BCUT2D eigenvalue weighted by Gasteiger charge is -2.38. The second-order valence-corrected chi connectivity index (χ2v) is 6.44. The van der Waals surface area contributed by atoms with Crippen LogP contribution >= 0.6 is 0 Å². The van der Waals surface area contributed by atoms with Crippen molar-refractivity contribution >= 4 is 5.97 Å². The highest BCUT2D eigenvalue weighted by Crippen LogP contribution is 2.44. The average Bonchev–Trinajstić information content (AvgIpc) is 2.42. The summed E-state index contributed by atoms with van der Waals surface area (Å²) in [5.41, 5.74) is -0.258. The Hall–Kier alpha value is -1.38. The van der Waals surface area contributed by atoms with E-state index in [1.807, 2.05) is 0 Å². The van der Waals surface area contributed by atoms with Gasteiger partial charge in [0.2, 0.25) is 0 Å². The van der Waals surface area contributed by atoms with Crippen molar-refractivity contribution in [3.63, 3.8) is 0 Å². The van der Waals surface area contributed by atoms with Gasteiger partial charge in [-0.25, -0.2) is 4.39 Å². The quantitative estimate of drug-likeness (QED) is 0.892. The molecule has 0 aliphatic heterocycles. The number of hydrogen-bond acceptors (Lipinski definition) is 1. The molecule has 1 saturated carbocycles. The van der Waals surface area contributed by atoms with Crippen LogP contribution in [-0.2, 0) is 11.2 Å². The van der Waals surface area contributed by atoms with E-state index in [4.69, 9.17) is 0 Å². The first-order valence-corrected chi connectivity index (χ1v) is 7.41. The minimum absolute atomic E-state index is 0.292. The van der Waals surface area contributed by atoms with Crippen molar-refractivity contribution < 1.29 is 14.3 Å². The molecular formula is C17H23FO2. The second-order valence-electron chi connectivity index (χ2n) is 6.44. The molecule has 1 fully saturated rings. The number of hydrogen-bond donors (Lipinski definition) is 1. The van der Waals surface area contributed by atoms with Crippen molar-refractivity contribution in [3.05, 3.63) is 35.6 Å². The van der Waals surface area contributed by atoms with Crippen molar-refractivity contribution in [1.29, 1.82) is 0 Å². The van der Waals surface area contributed by atoms with Crippen LogP contribution in [0.2, 0.25) is 0 Å². The molecule has 1 aromatic carbocycles. The van der Waals surface area contributed by atoms with E-state index in [1.54, 1.807) is 18.2 Å². The van der Waals surface area contributed by atoms with E-state index in [1.165, 1.54) is 6.07 Å². The van der Waals surface area contributed by atoms with Gasteiger partial charge in [-0.2, -0.15) is 0 Å². The van der Waals surface area contributed by atoms with Crippen LogP contribution in [0.4, 0.5) is 4.39 Å². The van der Waals surface area contributed by atoms with Crippen LogP contribution in [0.1, 0.15) is 45.1 Å². The molecule has 1 N–H and O–H groups in total. The van der Waals surface area contributed by atoms with E-state index in [2.05, 4.69) is 13.8 Å². The second kappa shape index (κ2) is 5.94. The van der Waals surface area contributed by atoms with Gasteiger partial charge in [0.1, 0.15) is 5.82 Å². The van der Waals surface area contributed by atoms with Gasteiger partial charge in [0.15, 0.2) is 0 Å². The summed E-state index contributed by atoms with van der Waals surface area (Å²) in [7, 11) is 0. The van der Waals surface area contributed by atoms with Crippen molar-refractivity contribution in [2.24, 2.45) is 17.3 Å². The summed E-state index contributed by atoms with van der Waals surface area (Å²) in [6.45, 7) is 4.38. The van der Waals surface area contributed by atoms with Gasteiger partial charge in [-0.1, -0.05) is 32.0 Å². The van der Waals surface area contributed by atoms with Gasteiger partial charge in [0, 0.05) is 0 Å². The Morgan fingerprint density at radius 2 is 1.95 bits per heavy atom. The molecule has 0 atom stereocenters. The Bertz CT molecular complexity index is 474. The number of carbonyl (C=O) groups is 1. The van der Waals surface area contributed by atoms with Crippen LogP contribution in [0.3, 0.4) is 0 Å². The molecular weight excluding hydrogens is 255 g/mol. The number of carboxylic acid groups (broad SMARTS) is 1. The predicted octanol–water partition coefficient (Wildman–Crippen LogP) is 4.29. The third kappa shape index (κ3) is 3.02. The number of benzene rings is 1. The molecule has 3 heteroatoms. The zero-order valence-corrected chi connectivity index (χ0v) is 12.2. The molecule has 0 spiro atoms. The highest BCUT2D eigenvalue weighted by atomic mass is 19.1. The van der Waals surface area contributed by atoms with E-state index in [0.717, 1.165) is 12.8 Å². The number of aliphatic carboxylic acids is 1. The minimum atomic E-state index is -0.784. The molecule has 0 bridgehead atoms. The van der Waals surface area contributed by atoms with Gasteiger partial charge < -0.3 is 5.11 Å². The first-order valence-electron chi connectivity index (χ1n) is 7.41. The fraction of sp³-hybridized carbons (Fsp3) is 0.588. The van der Waals surface area contributed by atoms with Crippen LogP contribution in [0.25, 0.3) is 0 Å². The van der Waals surface area contributed by atoms with E-state index in [0.29, 0.717) is 36.7 Å². The first kappa shape index (κ1) is 15.0. The maximum atomic E-state index is 13.8. The lowest BCUT2D eigenvalue weighted by atomic mass is 9.65. The van der Waals surface area contributed by atoms with Crippen LogP contribution < -0.4 is 0 Å². The SMILES string of the molecule is CC(C)C1CCC(Cc2ccccc2F)(C(=O)O)CC1. The van der Waals surface area contributed by atoms with Gasteiger partial charge in [-0.05, 0) is 55.6 Å². The number of rotatable bonds is 4. The highest BCUT2D eigenvalue weighted by Gasteiger charge is 2.42. The van der Waals surface area contributed by atoms with Crippen LogP contribution in [0.15, 0.2) is 24.3 Å². The van der Waals surface area contributed by atoms with Gasteiger partial charge in [-0.3, -0.25) is 4.79 Å². The summed E-state index contributed by atoms with van der Waals surface area (Å²) in [6, 6.07) is 6.52. The van der Waals surface area contributed by atoms with E-state index in [9.17, 15) is 14.3 Å². The fourth-order valence-corrected chi connectivity index (χ4v) is 3.33. The van der Waals surface area contributed by atoms with Crippen molar-refractivity contribution in [2.45, 2.75) is 46.0 Å². The molecule has 0 amide bonds. The maximum Gasteiger partial charge on any atom is 0.309 e. The molecule has 0 saturated heterocycles. The van der Waals surface area contributed by atoms with Gasteiger partial charge >= 0.3 is 5.97 Å². The molecule has 1 aliphatic rings. The summed E-state index contributed by atoms with van der Waals surface area (Å²) in [4.78, 5) is 11.7. The zero-order chi connectivity index (χ0) is 14.8. The van der Waals surface area contributed by atoms with Crippen LogP contribution in [-0.4, -0.2) is 11.1 Å². The predicted molar refractivity (Wildman–Crippen MR) is 77.0 cm³/mol. The number of halogens is 1. The summed E-state index contributed by atoms with van der Waals surface area (Å²) in [5, 5.41) is 9.64. The molecule has 20 heavy (non-hydrogen) atoms. The summed E-state index contributed by atoms with van der Waals surface area (Å²) < 4.78 is 13.8. The van der Waals surface area contributed by atoms with Gasteiger partial charge in [0.05, 0.1) is 5.41 Å². The topological polar surface area (TPSA) is 37.3 Å². The fourth-order valence-electron chi connectivity index (χ4n) is 3.33. The van der Waals surface area contributed by atoms with E-state index < -0.39 is 11.4 Å². The van der Waals surface area contributed by atoms with Gasteiger partial charge in [-0.15, -0.1) is 0 Å². The van der Waals surface area contributed by atoms with Crippen molar-refractivity contribution in [3.8, 4) is 0 Å². The molecule has 2 rings (SSSR count). The minimum Gasteiger partial charge on any atom is -0.481 e.